The topological polar surface area (TPSA) is 12.0 Å². The number of halogens is 2. The van der Waals surface area contributed by atoms with Crippen molar-refractivity contribution >= 4 is 27.7 Å². The highest BCUT2D eigenvalue weighted by Crippen LogP contribution is 2.17. The fourth-order valence-corrected chi connectivity index (χ4v) is 2.42. The minimum atomic E-state index is -0.134. The highest BCUT2D eigenvalue weighted by molar-refractivity contribution is 9.10. The zero-order valence-corrected chi connectivity index (χ0v) is 11.3. The minimum absolute atomic E-state index is 0.134. The Bertz CT molecular complexity index is 319. The van der Waals surface area contributed by atoms with Crippen LogP contribution in [0.3, 0.4) is 0 Å². The van der Waals surface area contributed by atoms with Crippen LogP contribution in [0.4, 0.5) is 4.39 Å². The van der Waals surface area contributed by atoms with Crippen LogP contribution in [0.15, 0.2) is 22.7 Å². The Kier molecular flexibility index (Phi) is 5.64. The molecule has 1 rings (SSSR count). The number of thioether (sulfide) groups is 1. The summed E-state index contributed by atoms with van der Waals surface area (Å²) in [6.45, 7) is 0. The molecular weight excluding hydrogens is 277 g/mol. The van der Waals surface area contributed by atoms with Crippen LogP contribution in [-0.4, -0.2) is 25.1 Å². The van der Waals surface area contributed by atoms with Gasteiger partial charge in [-0.1, -0.05) is 22.0 Å². The third-order valence-electron chi connectivity index (χ3n) is 2.26. The lowest BCUT2D eigenvalue weighted by Crippen LogP contribution is -2.30. The van der Waals surface area contributed by atoms with Gasteiger partial charge in [0.2, 0.25) is 0 Å². The first-order chi connectivity index (χ1) is 7.17. The lowest BCUT2D eigenvalue weighted by atomic mass is 10.1. The molecule has 1 aromatic rings. The Balaban J connectivity index is 2.70. The highest BCUT2D eigenvalue weighted by Gasteiger charge is 2.10. The van der Waals surface area contributed by atoms with E-state index in [9.17, 15) is 4.39 Å². The lowest BCUT2D eigenvalue weighted by molar-refractivity contribution is 0.568. The van der Waals surface area contributed by atoms with E-state index in [2.05, 4.69) is 27.5 Å². The van der Waals surface area contributed by atoms with E-state index in [4.69, 9.17) is 0 Å². The monoisotopic (exact) mass is 291 g/mol. The number of likely N-dealkylation sites (N-methyl/N-ethyl adjacent to an activating group) is 1. The van der Waals surface area contributed by atoms with Crippen molar-refractivity contribution in [2.24, 2.45) is 0 Å². The number of benzene rings is 1. The Morgan fingerprint density at radius 3 is 2.80 bits per heavy atom. The molecule has 1 unspecified atom stereocenters. The molecule has 0 bridgehead atoms. The summed E-state index contributed by atoms with van der Waals surface area (Å²) in [6, 6.07) is 5.56. The maximum atomic E-state index is 13.5. The van der Waals surface area contributed by atoms with Gasteiger partial charge in [0, 0.05) is 16.3 Å². The van der Waals surface area contributed by atoms with Crippen molar-refractivity contribution in [3.63, 3.8) is 0 Å². The molecule has 0 fully saturated rings. The van der Waals surface area contributed by atoms with Gasteiger partial charge in [-0.2, -0.15) is 11.8 Å². The Morgan fingerprint density at radius 1 is 1.53 bits per heavy atom. The number of nitrogens with one attached hydrogen (secondary N) is 1. The Labute approximate surface area is 103 Å². The van der Waals surface area contributed by atoms with Crippen molar-refractivity contribution < 1.29 is 4.39 Å². The first-order valence-electron chi connectivity index (χ1n) is 4.77. The molecule has 0 amide bonds. The van der Waals surface area contributed by atoms with Crippen molar-refractivity contribution in [2.45, 2.75) is 12.5 Å². The molecule has 15 heavy (non-hydrogen) atoms. The molecule has 1 aromatic carbocycles. The third kappa shape index (κ3) is 4.13. The van der Waals surface area contributed by atoms with E-state index in [1.807, 2.05) is 19.2 Å². The van der Waals surface area contributed by atoms with Gasteiger partial charge in [0.05, 0.1) is 0 Å². The van der Waals surface area contributed by atoms with Crippen molar-refractivity contribution in [3.8, 4) is 0 Å². The van der Waals surface area contributed by atoms with Crippen LogP contribution in [0, 0.1) is 5.82 Å². The molecule has 0 saturated heterocycles. The Hall–Kier alpha value is -0.0600. The summed E-state index contributed by atoms with van der Waals surface area (Å²) in [6.07, 6.45) is 2.79. The average molecular weight is 292 g/mol. The zero-order valence-electron chi connectivity index (χ0n) is 8.89. The van der Waals surface area contributed by atoms with Crippen LogP contribution >= 0.6 is 27.7 Å². The molecule has 0 spiro atoms. The maximum absolute atomic E-state index is 13.5. The van der Waals surface area contributed by atoms with E-state index in [-0.39, 0.29) is 5.82 Å². The molecule has 1 N–H and O–H groups in total. The summed E-state index contributed by atoms with van der Waals surface area (Å²) in [5.41, 5.74) is 0.770. The largest absolute Gasteiger partial charge is 0.316 e. The molecule has 0 heterocycles. The standard InChI is InChI=1S/C11H15BrFNS/c1-14-10(7-15-2)5-8-3-4-9(12)6-11(8)13/h3-4,6,10,14H,5,7H2,1-2H3. The van der Waals surface area contributed by atoms with Gasteiger partial charge < -0.3 is 5.32 Å². The molecule has 0 aliphatic carbocycles. The van der Waals surface area contributed by atoms with E-state index in [0.29, 0.717) is 6.04 Å². The quantitative estimate of drug-likeness (QED) is 0.895. The van der Waals surface area contributed by atoms with E-state index in [0.717, 1.165) is 22.2 Å². The summed E-state index contributed by atoms with van der Waals surface area (Å²) in [5, 5.41) is 3.19. The van der Waals surface area contributed by atoms with Gasteiger partial charge in [0.15, 0.2) is 0 Å². The van der Waals surface area contributed by atoms with Crippen LogP contribution < -0.4 is 5.32 Å². The first-order valence-corrected chi connectivity index (χ1v) is 6.96. The molecule has 4 heteroatoms. The molecule has 1 nitrogen and oxygen atoms in total. The number of hydrogen-bond acceptors (Lipinski definition) is 2. The van der Waals surface area contributed by atoms with Gasteiger partial charge in [-0.25, -0.2) is 4.39 Å². The van der Waals surface area contributed by atoms with Crippen molar-refractivity contribution in [2.75, 3.05) is 19.1 Å². The third-order valence-corrected chi connectivity index (χ3v) is 3.49. The van der Waals surface area contributed by atoms with E-state index < -0.39 is 0 Å². The van der Waals surface area contributed by atoms with Gasteiger partial charge in [-0.3, -0.25) is 0 Å². The second-order valence-corrected chi connectivity index (χ2v) is 5.21. The minimum Gasteiger partial charge on any atom is -0.316 e. The number of rotatable bonds is 5. The van der Waals surface area contributed by atoms with Gasteiger partial charge in [0.1, 0.15) is 5.82 Å². The van der Waals surface area contributed by atoms with Crippen molar-refractivity contribution in [1.29, 1.82) is 0 Å². The molecule has 0 aliphatic heterocycles. The van der Waals surface area contributed by atoms with Crippen LogP contribution in [0.25, 0.3) is 0 Å². The van der Waals surface area contributed by atoms with Gasteiger partial charge >= 0.3 is 0 Å². The SMILES string of the molecule is CNC(CSC)Cc1ccc(Br)cc1F. The predicted octanol–water partition coefficient (Wildman–Crippen LogP) is 3.08. The van der Waals surface area contributed by atoms with Gasteiger partial charge in [-0.05, 0) is 37.4 Å². The molecular formula is C11H15BrFNS. The maximum Gasteiger partial charge on any atom is 0.127 e. The van der Waals surface area contributed by atoms with Crippen LogP contribution in [0.5, 0.6) is 0 Å². The smallest absolute Gasteiger partial charge is 0.127 e. The van der Waals surface area contributed by atoms with Crippen LogP contribution in [-0.2, 0) is 6.42 Å². The molecule has 1 atom stereocenters. The second kappa shape index (κ2) is 6.51. The molecule has 0 aliphatic rings. The van der Waals surface area contributed by atoms with E-state index >= 15 is 0 Å². The summed E-state index contributed by atoms with van der Waals surface area (Å²) >= 11 is 5.02. The van der Waals surface area contributed by atoms with Crippen LogP contribution in [0.1, 0.15) is 5.56 Å². The van der Waals surface area contributed by atoms with Crippen molar-refractivity contribution in [3.05, 3.63) is 34.1 Å². The van der Waals surface area contributed by atoms with Crippen LogP contribution in [0.2, 0.25) is 0 Å². The lowest BCUT2D eigenvalue weighted by Gasteiger charge is -2.15. The summed E-state index contributed by atoms with van der Waals surface area (Å²) in [7, 11) is 1.91. The summed E-state index contributed by atoms with van der Waals surface area (Å²) < 4.78 is 14.3. The van der Waals surface area contributed by atoms with E-state index in [1.165, 1.54) is 6.07 Å². The van der Waals surface area contributed by atoms with Gasteiger partial charge in [-0.15, -0.1) is 0 Å². The number of hydrogen-bond donors (Lipinski definition) is 1. The summed E-state index contributed by atoms with van der Waals surface area (Å²) in [4.78, 5) is 0. The molecule has 84 valence electrons. The fourth-order valence-electron chi connectivity index (χ4n) is 1.40. The average Bonchev–Trinajstić information content (AvgIpc) is 2.21. The molecule has 0 saturated carbocycles. The zero-order chi connectivity index (χ0) is 11.3. The van der Waals surface area contributed by atoms with Gasteiger partial charge in [0.25, 0.3) is 0 Å². The highest BCUT2D eigenvalue weighted by atomic mass is 79.9. The molecule has 0 aromatic heterocycles. The van der Waals surface area contributed by atoms with Crippen molar-refractivity contribution in [1.82, 2.24) is 5.32 Å². The normalized spacial score (nSPS) is 12.8. The fraction of sp³-hybridized carbons (Fsp3) is 0.455. The predicted molar refractivity (Wildman–Crippen MR) is 69.0 cm³/mol. The first kappa shape index (κ1) is 13.0. The Morgan fingerprint density at radius 2 is 2.27 bits per heavy atom. The second-order valence-electron chi connectivity index (χ2n) is 3.38. The molecule has 0 radical (unpaired) electrons. The summed E-state index contributed by atoms with van der Waals surface area (Å²) in [5.74, 6) is 0.858. The van der Waals surface area contributed by atoms with E-state index in [1.54, 1.807) is 11.8 Å².